The molecule has 1 heterocycles. The molecule has 0 amide bonds. The number of nitrogens with one attached hydrogen (secondary N) is 1. The van der Waals surface area contributed by atoms with Crippen LogP contribution in [0, 0.1) is 6.92 Å². The van der Waals surface area contributed by atoms with Crippen molar-refractivity contribution in [2.45, 2.75) is 13.5 Å². The zero-order valence-electron chi connectivity index (χ0n) is 6.96. The number of hydrogen-bond acceptors (Lipinski definition) is 2. The monoisotopic (exact) mass is 161 g/mol. The van der Waals surface area contributed by atoms with Gasteiger partial charge in [0.05, 0.1) is 11.2 Å². The minimum Gasteiger partial charge on any atom is -0.325 e. The molecule has 3 N–H and O–H groups in total. The molecule has 0 aliphatic carbocycles. The third-order valence-electron chi connectivity index (χ3n) is 2.07. The third-order valence-corrected chi connectivity index (χ3v) is 2.07. The zero-order chi connectivity index (χ0) is 8.55. The SMILES string of the molecule is Cc1cccc2c(CN)[nH]nc12. The van der Waals surface area contributed by atoms with Gasteiger partial charge in [-0.25, -0.2) is 0 Å². The number of fused-ring (bicyclic) bond motifs is 1. The minimum absolute atomic E-state index is 0.514. The minimum atomic E-state index is 0.514. The summed E-state index contributed by atoms with van der Waals surface area (Å²) in [7, 11) is 0. The summed E-state index contributed by atoms with van der Waals surface area (Å²) in [5.41, 5.74) is 8.76. The van der Waals surface area contributed by atoms with Gasteiger partial charge < -0.3 is 5.73 Å². The Morgan fingerprint density at radius 1 is 1.50 bits per heavy atom. The number of H-pyrrole nitrogens is 1. The van der Waals surface area contributed by atoms with Crippen molar-refractivity contribution >= 4 is 10.9 Å². The molecule has 12 heavy (non-hydrogen) atoms. The van der Waals surface area contributed by atoms with Crippen LogP contribution in [0.1, 0.15) is 11.3 Å². The van der Waals surface area contributed by atoms with Gasteiger partial charge >= 0.3 is 0 Å². The zero-order valence-corrected chi connectivity index (χ0v) is 6.96. The Hall–Kier alpha value is -1.35. The van der Waals surface area contributed by atoms with E-state index >= 15 is 0 Å². The standard InChI is InChI=1S/C9H11N3/c1-6-3-2-4-7-8(5-10)11-12-9(6)7/h2-4H,5,10H2,1H3,(H,11,12). The number of hydrogen-bond donors (Lipinski definition) is 2. The van der Waals surface area contributed by atoms with E-state index in [4.69, 9.17) is 5.73 Å². The summed E-state index contributed by atoms with van der Waals surface area (Å²) in [6.45, 7) is 2.56. The number of aryl methyl sites for hydroxylation is 1. The first-order valence-corrected chi connectivity index (χ1v) is 3.95. The summed E-state index contributed by atoms with van der Waals surface area (Å²) in [5, 5.41) is 8.25. The number of rotatable bonds is 1. The number of para-hydroxylation sites is 1. The van der Waals surface area contributed by atoms with Crippen molar-refractivity contribution in [2.75, 3.05) is 0 Å². The van der Waals surface area contributed by atoms with Crippen molar-refractivity contribution in [2.24, 2.45) is 5.73 Å². The highest BCUT2D eigenvalue weighted by Crippen LogP contribution is 2.18. The smallest absolute Gasteiger partial charge is 0.0953 e. The van der Waals surface area contributed by atoms with Crippen LogP contribution in [0.15, 0.2) is 18.2 Å². The van der Waals surface area contributed by atoms with Crippen LogP contribution in [-0.2, 0) is 6.54 Å². The van der Waals surface area contributed by atoms with Crippen molar-refractivity contribution in [3.05, 3.63) is 29.5 Å². The van der Waals surface area contributed by atoms with E-state index in [0.717, 1.165) is 16.6 Å². The van der Waals surface area contributed by atoms with Gasteiger partial charge in [0, 0.05) is 11.9 Å². The number of benzene rings is 1. The Balaban J connectivity index is 2.80. The molecular weight excluding hydrogens is 150 g/mol. The number of aromatic amines is 1. The van der Waals surface area contributed by atoms with E-state index in [9.17, 15) is 0 Å². The first-order valence-electron chi connectivity index (χ1n) is 3.95. The summed E-state index contributed by atoms with van der Waals surface area (Å²) >= 11 is 0. The van der Waals surface area contributed by atoms with Gasteiger partial charge in [0.2, 0.25) is 0 Å². The van der Waals surface area contributed by atoms with Crippen molar-refractivity contribution in [3.8, 4) is 0 Å². The molecule has 0 spiro atoms. The second kappa shape index (κ2) is 2.60. The van der Waals surface area contributed by atoms with Crippen molar-refractivity contribution in [3.63, 3.8) is 0 Å². The molecule has 3 heteroatoms. The van der Waals surface area contributed by atoms with Crippen LogP contribution in [0.4, 0.5) is 0 Å². The molecule has 0 saturated heterocycles. The Bertz CT molecular complexity index is 403. The highest BCUT2D eigenvalue weighted by atomic mass is 15.1. The fourth-order valence-corrected chi connectivity index (χ4v) is 1.39. The van der Waals surface area contributed by atoms with Gasteiger partial charge in [-0.05, 0) is 12.5 Å². The van der Waals surface area contributed by atoms with Crippen molar-refractivity contribution in [1.82, 2.24) is 10.2 Å². The Morgan fingerprint density at radius 3 is 3.08 bits per heavy atom. The fourth-order valence-electron chi connectivity index (χ4n) is 1.39. The largest absolute Gasteiger partial charge is 0.325 e. The molecule has 0 unspecified atom stereocenters. The molecule has 2 aromatic rings. The van der Waals surface area contributed by atoms with Gasteiger partial charge in [-0.1, -0.05) is 18.2 Å². The van der Waals surface area contributed by atoms with Gasteiger partial charge in [0.25, 0.3) is 0 Å². The number of aromatic nitrogens is 2. The quantitative estimate of drug-likeness (QED) is 0.663. The highest BCUT2D eigenvalue weighted by Gasteiger charge is 2.03. The van der Waals surface area contributed by atoms with Crippen LogP contribution >= 0.6 is 0 Å². The van der Waals surface area contributed by atoms with E-state index < -0.39 is 0 Å². The first kappa shape index (κ1) is 7.31. The van der Waals surface area contributed by atoms with Crippen LogP contribution in [-0.4, -0.2) is 10.2 Å². The predicted molar refractivity (Wildman–Crippen MR) is 48.7 cm³/mol. The molecule has 2 rings (SSSR count). The second-order valence-electron chi connectivity index (χ2n) is 2.88. The van der Waals surface area contributed by atoms with Gasteiger partial charge in [0.1, 0.15) is 0 Å². The molecule has 0 aliphatic heterocycles. The maximum absolute atomic E-state index is 5.54. The Morgan fingerprint density at radius 2 is 2.33 bits per heavy atom. The third kappa shape index (κ3) is 0.905. The normalized spacial score (nSPS) is 10.8. The van der Waals surface area contributed by atoms with Gasteiger partial charge in [-0.3, -0.25) is 5.10 Å². The van der Waals surface area contributed by atoms with Crippen molar-refractivity contribution < 1.29 is 0 Å². The number of nitrogens with zero attached hydrogens (tertiary/aromatic N) is 1. The molecule has 62 valence electrons. The predicted octanol–water partition coefficient (Wildman–Crippen LogP) is 1.33. The van der Waals surface area contributed by atoms with Crippen LogP contribution in [0.2, 0.25) is 0 Å². The van der Waals surface area contributed by atoms with Gasteiger partial charge in [0.15, 0.2) is 0 Å². The molecule has 3 nitrogen and oxygen atoms in total. The Kier molecular flexibility index (Phi) is 1.59. The summed E-state index contributed by atoms with van der Waals surface area (Å²) in [6.07, 6.45) is 0. The van der Waals surface area contributed by atoms with E-state index in [-0.39, 0.29) is 0 Å². The van der Waals surface area contributed by atoms with E-state index in [1.54, 1.807) is 0 Å². The van der Waals surface area contributed by atoms with Crippen LogP contribution in [0.5, 0.6) is 0 Å². The number of nitrogens with two attached hydrogens (primary N) is 1. The van der Waals surface area contributed by atoms with Crippen LogP contribution < -0.4 is 5.73 Å². The first-order chi connectivity index (χ1) is 5.83. The lowest BCUT2D eigenvalue weighted by atomic mass is 10.1. The van der Waals surface area contributed by atoms with E-state index in [0.29, 0.717) is 6.54 Å². The fraction of sp³-hybridized carbons (Fsp3) is 0.222. The summed E-state index contributed by atoms with van der Waals surface area (Å²) in [6, 6.07) is 6.10. The highest BCUT2D eigenvalue weighted by molar-refractivity contribution is 5.83. The van der Waals surface area contributed by atoms with Gasteiger partial charge in [-0.15, -0.1) is 0 Å². The molecule has 0 bridgehead atoms. The summed E-state index contributed by atoms with van der Waals surface area (Å²) in [4.78, 5) is 0. The lowest BCUT2D eigenvalue weighted by Gasteiger charge is -1.93. The van der Waals surface area contributed by atoms with Crippen LogP contribution in [0.3, 0.4) is 0 Å². The molecule has 1 aromatic heterocycles. The molecule has 0 saturated carbocycles. The maximum Gasteiger partial charge on any atom is 0.0953 e. The van der Waals surface area contributed by atoms with Crippen molar-refractivity contribution in [1.29, 1.82) is 0 Å². The molecular formula is C9H11N3. The lowest BCUT2D eigenvalue weighted by Crippen LogP contribution is -1.96. The second-order valence-corrected chi connectivity index (χ2v) is 2.88. The molecule has 0 atom stereocenters. The molecule has 0 fully saturated rings. The average Bonchev–Trinajstić information content (AvgIpc) is 2.49. The lowest BCUT2D eigenvalue weighted by molar-refractivity contribution is 0.958. The summed E-state index contributed by atoms with van der Waals surface area (Å²) in [5.74, 6) is 0. The van der Waals surface area contributed by atoms with E-state index in [2.05, 4.69) is 10.2 Å². The topological polar surface area (TPSA) is 54.7 Å². The summed E-state index contributed by atoms with van der Waals surface area (Å²) < 4.78 is 0. The van der Waals surface area contributed by atoms with Gasteiger partial charge in [-0.2, -0.15) is 5.10 Å². The molecule has 0 aliphatic rings. The maximum atomic E-state index is 5.54. The molecule has 0 radical (unpaired) electrons. The average molecular weight is 161 g/mol. The van der Waals surface area contributed by atoms with Crippen LogP contribution in [0.25, 0.3) is 10.9 Å². The van der Waals surface area contributed by atoms with E-state index in [1.165, 1.54) is 5.56 Å². The molecule has 1 aromatic carbocycles. The Labute approximate surface area is 70.6 Å². The van der Waals surface area contributed by atoms with E-state index in [1.807, 2.05) is 25.1 Å².